The number of hydrogen-bond acceptors (Lipinski definition) is 3. The Balaban J connectivity index is 2.12. The minimum atomic E-state index is -3.16. The predicted octanol–water partition coefficient (Wildman–Crippen LogP) is 3.23. The normalized spacial score (nSPS) is 12.9. The fourth-order valence-corrected chi connectivity index (χ4v) is 2.39. The van der Waals surface area contributed by atoms with Gasteiger partial charge < -0.3 is 4.74 Å². The van der Waals surface area contributed by atoms with Crippen molar-refractivity contribution in [3.05, 3.63) is 60.2 Å². The average Bonchev–Trinajstić information content (AvgIpc) is 2.39. The molecule has 0 aromatic heterocycles. The highest BCUT2D eigenvalue weighted by molar-refractivity contribution is 7.90. The van der Waals surface area contributed by atoms with E-state index in [1.165, 1.54) is 6.26 Å². The lowest BCUT2D eigenvalue weighted by atomic mass is 10.1. The molecule has 0 spiro atoms. The van der Waals surface area contributed by atoms with Crippen LogP contribution in [0.1, 0.15) is 18.6 Å². The first-order valence-electron chi connectivity index (χ1n) is 5.98. The molecule has 0 heterocycles. The van der Waals surface area contributed by atoms with Gasteiger partial charge in [-0.3, -0.25) is 0 Å². The summed E-state index contributed by atoms with van der Waals surface area (Å²) in [6.45, 7) is 1.96. The van der Waals surface area contributed by atoms with Crippen LogP contribution in [0.5, 0.6) is 5.75 Å². The van der Waals surface area contributed by atoms with Crippen LogP contribution >= 0.6 is 0 Å². The molecule has 2 aromatic carbocycles. The van der Waals surface area contributed by atoms with Crippen LogP contribution in [0.2, 0.25) is 0 Å². The van der Waals surface area contributed by atoms with Crippen molar-refractivity contribution in [1.29, 1.82) is 0 Å². The number of hydrogen-bond donors (Lipinski definition) is 0. The first-order valence-corrected chi connectivity index (χ1v) is 7.88. The van der Waals surface area contributed by atoms with Crippen molar-refractivity contribution in [3.63, 3.8) is 0 Å². The van der Waals surface area contributed by atoms with E-state index in [4.69, 9.17) is 4.74 Å². The van der Waals surface area contributed by atoms with Gasteiger partial charge in [0, 0.05) is 6.26 Å². The van der Waals surface area contributed by atoms with Crippen molar-refractivity contribution in [2.75, 3.05) is 6.26 Å². The van der Waals surface area contributed by atoms with Crippen LogP contribution < -0.4 is 4.74 Å². The van der Waals surface area contributed by atoms with Gasteiger partial charge in [0.15, 0.2) is 9.84 Å². The summed E-state index contributed by atoms with van der Waals surface area (Å²) in [4.78, 5) is 0.298. The summed E-state index contributed by atoms with van der Waals surface area (Å²) in [5.41, 5.74) is 1.08. The lowest BCUT2D eigenvalue weighted by Crippen LogP contribution is -2.03. The molecule has 0 saturated carbocycles. The van der Waals surface area contributed by atoms with Crippen molar-refractivity contribution in [2.24, 2.45) is 0 Å². The standard InChI is InChI=1S/C15H16O3S/c1-12(13-6-4-3-5-7-13)18-14-8-10-15(11-9-14)19(2,16)17/h3-12H,1-2H3. The molecule has 1 unspecified atom stereocenters. The Labute approximate surface area is 113 Å². The van der Waals surface area contributed by atoms with Crippen LogP contribution in [-0.2, 0) is 9.84 Å². The highest BCUT2D eigenvalue weighted by Crippen LogP contribution is 2.22. The van der Waals surface area contributed by atoms with Crippen LogP contribution in [-0.4, -0.2) is 14.7 Å². The quantitative estimate of drug-likeness (QED) is 0.861. The molecule has 3 nitrogen and oxygen atoms in total. The number of ether oxygens (including phenoxy) is 1. The van der Waals surface area contributed by atoms with Crippen molar-refractivity contribution >= 4 is 9.84 Å². The molecule has 0 bridgehead atoms. The minimum absolute atomic E-state index is 0.0784. The summed E-state index contributed by atoms with van der Waals surface area (Å²) < 4.78 is 28.5. The number of rotatable bonds is 4. The van der Waals surface area contributed by atoms with Crippen LogP contribution in [0.4, 0.5) is 0 Å². The second-order valence-corrected chi connectivity index (χ2v) is 6.43. The van der Waals surface area contributed by atoms with Gasteiger partial charge in [-0.1, -0.05) is 30.3 Å². The summed E-state index contributed by atoms with van der Waals surface area (Å²) in [7, 11) is -3.16. The van der Waals surface area contributed by atoms with E-state index in [1.807, 2.05) is 37.3 Å². The van der Waals surface area contributed by atoms with E-state index in [0.717, 1.165) is 5.56 Å². The monoisotopic (exact) mass is 276 g/mol. The smallest absolute Gasteiger partial charge is 0.175 e. The first kappa shape index (κ1) is 13.6. The molecular formula is C15H16O3S. The van der Waals surface area contributed by atoms with Crippen LogP contribution in [0.3, 0.4) is 0 Å². The fourth-order valence-electron chi connectivity index (χ4n) is 1.76. The summed E-state index contributed by atoms with van der Waals surface area (Å²) in [6.07, 6.45) is 1.11. The van der Waals surface area contributed by atoms with Gasteiger partial charge in [0.1, 0.15) is 11.9 Å². The number of benzene rings is 2. The van der Waals surface area contributed by atoms with Gasteiger partial charge in [-0.15, -0.1) is 0 Å². The lowest BCUT2D eigenvalue weighted by molar-refractivity contribution is 0.227. The highest BCUT2D eigenvalue weighted by atomic mass is 32.2. The van der Waals surface area contributed by atoms with Gasteiger partial charge in [0.2, 0.25) is 0 Å². The largest absolute Gasteiger partial charge is 0.486 e. The SMILES string of the molecule is CC(Oc1ccc(S(C)(=O)=O)cc1)c1ccccc1. The molecular weight excluding hydrogens is 260 g/mol. The third-order valence-electron chi connectivity index (χ3n) is 2.83. The fraction of sp³-hybridized carbons (Fsp3) is 0.200. The van der Waals surface area contributed by atoms with Gasteiger partial charge in [-0.2, -0.15) is 0 Å². The summed E-state index contributed by atoms with van der Waals surface area (Å²) in [6, 6.07) is 16.3. The molecule has 0 radical (unpaired) electrons. The zero-order valence-electron chi connectivity index (χ0n) is 10.9. The van der Waals surface area contributed by atoms with Gasteiger partial charge >= 0.3 is 0 Å². The topological polar surface area (TPSA) is 43.4 Å². The predicted molar refractivity (Wildman–Crippen MR) is 75.0 cm³/mol. The Morgan fingerprint density at radius 2 is 1.53 bits per heavy atom. The van der Waals surface area contributed by atoms with Crippen molar-refractivity contribution in [3.8, 4) is 5.75 Å². The molecule has 2 rings (SSSR count). The Morgan fingerprint density at radius 1 is 0.947 bits per heavy atom. The molecule has 0 fully saturated rings. The van der Waals surface area contributed by atoms with Crippen LogP contribution in [0, 0.1) is 0 Å². The summed E-state index contributed by atoms with van der Waals surface area (Å²) >= 11 is 0. The zero-order valence-corrected chi connectivity index (χ0v) is 11.7. The maximum Gasteiger partial charge on any atom is 0.175 e. The van der Waals surface area contributed by atoms with E-state index in [0.29, 0.717) is 10.6 Å². The summed E-state index contributed by atoms with van der Waals surface area (Å²) in [5.74, 6) is 0.656. The molecule has 0 aliphatic heterocycles. The maximum absolute atomic E-state index is 11.3. The van der Waals surface area contributed by atoms with E-state index in [2.05, 4.69) is 0 Å². The summed E-state index contributed by atoms with van der Waals surface area (Å²) in [5, 5.41) is 0. The Bertz CT molecular complexity index is 631. The lowest BCUT2D eigenvalue weighted by Gasteiger charge is -2.15. The Hall–Kier alpha value is -1.81. The zero-order chi connectivity index (χ0) is 13.9. The van der Waals surface area contributed by atoms with E-state index in [9.17, 15) is 8.42 Å². The third-order valence-corrected chi connectivity index (χ3v) is 3.96. The number of sulfone groups is 1. The molecule has 0 aliphatic rings. The maximum atomic E-state index is 11.3. The second-order valence-electron chi connectivity index (χ2n) is 4.41. The molecule has 0 aliphatic carbocycles. The van der Waals surface area contributed by atoms with Crippen LogP contribution in [0.15, 0.2) is 59.5 Å². The molecule has 2 aromatic rings. The molecule has 1 atom stereocenters. The molecule has 4 heteroatoms. The Morgan fingerprint density at radius 3 is 2.05 bits per heavy atom. The van der Waals surface area contributed by atoms with Gasteiger partial charge in [-0.25, -0.2) is 8.42 Å². The van der Waals surface area contributed by atoms with E-state index < -0.39 is 9.84 Å². The van der Waals surface area contributed by atoms with Gasteiger partial charge in [-0.05, 0) is 36.8 Å². The van der Waals surface area contributed by atoms with Gasteiger partial charge in [0.25, 0.3) is 0 Å². The van der Waals surface area contributed by atoms with Crippen molar-refractivity contribution in [2.45, 2.75) is 17.9 Å². The van der Waals surface area contributed by atoms with Gasteiger partial charge in [0.05, 0.1) is 4.90 Å². The molecule has 0 amide bonds. The molecule has 100 valence electrons. The van der Waals surface area contributed by atoms with Crippen molar-refractivity contribution < 1.29 is 13.2 Å². The molecule has 0 saturated heterocycles. The highest BCUT2D eigenvalue weighted by Gasteiger charge is 2.09. The first-order chi connectivity index (χ1) is 8.97. The average molecular weight is 276 g/mol. The third kappa shape index (κ3) is 3.58. The van der Waals surface area contributed by atoms with Crippen molar-refractivity contribution in [1.82, 2.24) is 0 Å². The van der Waals surface area contributed by atoms with Crippen LogP contribution in [0.25, 0.3) is 0 Å². The van der Waals surface area contributed by atoms with E-state index in [1.54, 1.807) is 24.3 Å². The molecule has 19 heavy (non-hydrogen) atoms. The van der Waals surface area contributed by atoms with E-state index in [-0.39, 0.29) is 6.10 Å². The second kappa shape index (κ2) is 5.45. The molecule has 0 N–H and O–H groups in total. The Kier molecular flexibility index (Phi) is 3.90. The minimum Gasteiger partial charge on any atom is -0.486 e. The van der Waals surface area contributed by atoms with E-state index >= 15 is 0 Å².